The van der Waals surface area contributed by atoms with E-state index in [0.29, 0.717) is 19.4 Å². The number of rotatable bonds is 4. The van der Waals surface area contributed by atoms with Gasteiger partial charge in [-0.3, -0.25) is 9.59 Å². The van der Waals surface area contributed by atoms with Crippen LogP contribution in [0.25, 0.3) is 0 Å². The third kappa shape index (κ3) is 3.69. The maximum absolute atomic E-state index is 11.9. The summed E-state index contributed by atoms with van der Waals surface area (Å²) in [6.45, 7) is 0.455. The Hall–Kier alpha value is -2.08. The first kappa shape index (κ1) is 13.4. The van der Waals surface area contributed by atoms with Gasteiger partial charge in [-0.2, -0.15) is 0 Å². The van der Waals surface area contributed by atoms with E-state index in [1.165, 1.54) is 0 Å². The Morgan fingerprint density at radius 3 is 2.74 bits per heavy atom. The maximum atomic E-state index is 11.9. The summed E-state index contributed by atoms with van der Waals surface area (Å²) in [5.74, 6) is -0.149. The highest BCUT2D eigenvalue weighted by atomic mass is 16.3. The minimum absolute atomic E-state index is 0.0580. The van der Waals surface area contributed by atoms with E-state index in [4.69, 9.17) is 10.8 Å². The molecule has 0 spiro atoms. The number of hydrogen-bond donors (Lipinski definition) is 4. The molecule has 1 heterocycles. The molecular formula is C13H17N3O3. The Morgan fingerprint density at radius 1 is 1.47 bits per heavy atom. The van der Waals surface area contributed by atoms with Crippen LogP contribution in [0.1, 0.15) is 12.0 Å². The zero-order valence-corrected chi connectivity index (χ0v) is 10.4. The summed E-state index contributed by atoms with van der Waals surface area (Å²) in [6.07, 6.45) is 0.692. The number of carbonyl (C=O) groups excluding carboxylic acids is 2. The number of aromatic hydroxyl groups is 1. The van der Waals surface area contributed by atoms with E-state index in [1.54, 1.807) is 24.3 Å². The highest BCUT2D eigenvalue weighted by Gasteiger charge is 2.25. The molecule has 1 aromatic carbocycles. The van der Waals surface area contributed by atoms with Crippen LogP contribution in [0.5, 0.6) is 5.75 Å². The van der Waals surface area contributed by atoms with Crippen molar-refractivity contribution >= 4 is 11.8 Å². The molecule has 0 saturated carbocycles. The van der Waals surface area contributed by atoms with E-state index >= 15 is 0 Å². The maximum Gasteiger partial charge on any atom is 0.237 e. The summed E-state index contributed by atoms with van der Waals surface area (Å²) in [4.78, 5) is 22.9. The van der Waals surface area contributed by atoms with E-state index in [-0.39, 0.29) is 23.6 Å². The normalized spacial score (nSPS) is 19.8. The van der Waals surface area contributed by atoms with Crippen LogP contribution in [0, 0.1) is 0 Å². The second-order valence-corrected chi connectivity index (χ2v) is 4.69. The van der Waals surface area contributed by atoms with Crippen molar-refractivity contribution in [2.75, 3.05) is 6.54 Å². The van der Waals surface area contributed by atoms with Crippen LogP contribution >= 0.6 is 0 Å². The molecule has 2 unspecified atom stereocenters. The Kier molecular flexibility index (Phi) is 4.01. The van der Waals surface area contributed by atoms with Gasteiger partial charge >= 0.3 is 0 Å². The van der Waals surface area contributed by atoms with Gasteiger partial charge in [0.2, 0.25) is 11.8 Å². The summed E-state index contributed by atoms with van der Waals surface area (Å²) in [6, 6.07) is 5.72. The van der Waals surface area contributed by atoms with Gasteiger partial charge in [-0.15, -0.1) is 0 Å². The SMILES string of the molecule is NC(Cc1ccc(O)cc1)C(=O)NC1CNC(=O)C1. The molecule has 19 heavy (non-hydrogen) atoms. The molecule has 6 nitrogen and oxygen atoms in total. The van der Waals surface area contributed by atoms with Crippen molar-refractivity contribution in [1.82, 2.24) is 10.6 Å². The summed E-state index contributed by atoms with van der Waals surface area (Å²) >= 11 is 0. The number of carbonyl (C=O) groups is 2. The lowest BCUT2D eigenvalue weighted by Gasteiger charge is -2.15. The van der Waals surface area contributed by atoms with Gasteiger partial charge in [-0.05, 0) is 24.1 Å². The predicted molar refractivity (Wildman–Crippen MR) is 69.3 cm³/mol. The monoisotopic (exact) mass is 263 g/mol. The second-order valence-electron chi connectivity index (χ2n) is 4.69. The van der Waals surface area contributed by atoms with Crippen LogP contribution in [0.4, 0.5) is 0 Å². The van der Waals surface area contributed by atoms with Crippen LogP contribution in [0.3, 0.4) is 0 Å². The number of benzene rings is 1. The van der Waals surface area contributed by atoms with Crippen molar-refractivity contribution < 1.29 is 14.7 Å². The zero-order valence-electron chi connectivity index (χ0n) is 10.4. The molecule has 1 fully saturated rings. The number of amides is 2. The van der Waals surface area contributed by atoms with Gasteiger partial charge in [0.15, 0.2) is 0 Å². The predicted octanol–water partition coefficient (Wildman–Crippen LogP) is -0.733. The quantitative estimate of drug-likeness (QED) is 0.574. The number of phenols is 1. The van der Waals surface area contributed by atoms with Crippen LogP contribution < -0.4 is 16.4 Å². The van der Waals surface area contributed by atoms with Crippen molar-refractivity contribution in [1.29, 1.82) is 0 Å². The number of nitrogens with one attached hydrogen (secondary N) is 2. The van der Waals surface area contributed by atoms with Gasteiger partial charge in [0, 0.05) is 13.0 Å². The molecule has 1 saturated heterocycles. The summed E-state index contributed by atoms with van der Waals surface area (Å²) in [5, 5.41) is 14.6. The lowest BCUT2D eigenvalue weighted by atomic mass is 10.1. The number of hydrogen-bond acceptors (Lipinski definition) is 4. The first-order valence-corrected chi connectivity index (χ1v) is 6.15. The highest BCUT2D eigenvalue weighted by Crippen LogP contribution is 2.11. The van der Waals surface area contributed by atoms with E-state index in [1.807, 2.05) is 0 Å². The molecule has 6 heteroatoms. The summed E-state index contributed by atoms with van der Waals surface area (Å²) < 4.78 is 0. The minimum Gasteiger partial charge on any atom is -0.508 e. The largest absolute Gasteiger partial charge is 0.508 e. The van der Waals surface area contributed by atoms with Crippen molar-refractivity contribution in [2.45, 2.75) is 24.9 Å². The molecule has 102 valence electrons. The molecule has 2 rings (SSSR count). The van der Waals surface area contributed by atoms with Crippen LogP contribution in [0.15, 0.2) is 24.3 Å². The average Bonchev–Trinajstić information content (AvgIpc) is 2.77. The van der Waals surface area contributed by atoms with Gasteiger partial charge in [0.1, 0.15) is 5.75 Å². The molecule has 0 aromatic heterocycles. The molecule has 1 aliphatic heterocycles. The molecule has 5 N–H and O–H groups in total. The number of nitrogens with two attached hydrogens (primary N) is 1. The molecule has 2 atom stereocenters. The molecule has 0 aliphatic carbocycles. The topological polar surface area (TPSA) is 104 Å². The van der Waals surface area contributed by atoms with Crippen LogP contribution in [0.2, 0.25) is 0 Å². The smallest absolute Gasteiger partial charge is 0.237 e. The van der Waals surface area contributed by atoms with E-state index < -0.39 is 6.04 Å². The lowest BCUT2D eigenvalue weighted by molar-refractivity contribution is -0.123. The van der Waals surface area contributed by atoms with Crippen molar-refractivity contribution in [3.05, 3.63) is 29.8 Å². The molecule has 2 amide bonds. The van der Waals surface area contributed by atoms with Gasteiger partial charge < -0.3 is 21.5 Å². The molecule has 0 radical (unpaired) electrons. The molecule has 1 aliphatic rings. The Morgan fingerprint density at radius 2 is 2.16 bits per heavy atom. The Bertz CT molecular complexity index is 473. The van der Waals surface area contributed by atoms with Gasteiger partial charge in [-0.1, -0.05) is 12.1 Å². The Balaban J connectivity index is 1.85. The molecule has 1 aromatic rings. The van der Waals surface area contributed by atoms with E-state index in [0.717, 1.165) is 5.56 Å². The molecular weight excluding hydrogens is 246 g/mol. The first-order chi connectivity index (χ1) is 9.04. The fraction of sp³-hybridized carbons (Fsp3) is 0.385. The van der Waals surface area contributed by atoms with Crippen LogP contribution in [-0.2, 0) is 16.0 Å². The molecule has 0 bridgehead atoms. The fourth-order valence-electron chi connectivity index (χ4n) is 1.99. The van der Waals surface area contributed by atoms with Crippen molar-refractivity contribution in [3.63, 3.8) is 0 Å². The van der Waals surface area contributed by atoms with E-state index in [9.17, 15) is 9.59 Å². The fourth-order valence-corrected chi connectivity index (χ4v) is 1.99. The van der Waals surface area contributed by atoms with Crippen LogP contribution in [-0.4, -0.2) is 35.5 Å². The minimum atomic E-state index is -0.666. The second kappa shape index (κ2) is 5.71. The Labute approximate surface area is 111 Å². The number of phenolic OH excluding ortho intramolecular Hbond substituents is 1. The van der Waals surface area contributed by atoms with Gasteiger partial charge in [-0.25, -0.2) is 0 Å². The lowest BCUT2D eigenvalue weighted by Crippen LogP contribution is -2.47. The summed E-state index contributed by atoms with van der Waals surface area (Å²) in [5.41, 5.74) is 6.70. The van der Waals surface area contributed by atoms with E-state index in [2.05, 4.69) is 10.6 Å². The first-order valence-electron chi connectivity index (χ1n) is 6.15. The zero-order chi connectivity index (χ0) is 13.8. The average molecular weight is 263 g/mol. The van der Waals surface area contributed by atoms with Crippen molar-refractivity contribution in [3.8, 4) is 5.75 Å². The third-order valence-electron chi connectivity index (χ3n) is 3.05. The van der Waals surface area contributed by atoms with Crippen molar-refractivity contribution in [2.24, 2.45) is 5.73 Å². The van der Waals surface area contributed by atoms with Gasteiger partial charge in [0.05, 0.1) is 12.1 Å². The standard InChI is InChI=1S/C13H17N3O3/c14-11(5-8-1-3-10(17)4-2-8)13(19)16-9-6-12(18)15-7-9/h1-4,9,11,17H,5-7,14H2,(H,15,18)(H,16,19). The third-order valence-corrected chi connectivity index (χ3v) is 3.05. The highest BCUT2D eigenvalue weighted by molar-refractivity contribution is 5.84. The van der Waals surface area contributed by atoms with Gasteiger partial charge in [0.25, 0.3) is 0 Å². The summed E-state index contributed by atoms with van der Waals surface area (Å²) in [7, 11) is 0.